The molecule has 2 heterocycles. The number of carbonyl (C=O) groups excluding carboxylic acids is 1. The van der Waals surface area contributed by atoms with Gasteiger partial charge in [0.2, 0.25) is 21.1 Å². The lowest BCUT2D eigenvalue weighted by atomic mass is 10.2. The van der Waals surface area contributed by atoms with E-state index in [1.807, 2.05) is 13.8 Å². The Balaban J connectivity index is 1.82. The standard InChI is InChI=1S/C18H24N4O5S2/c1-11(2)17-20-21-18(28-17)19-16(23)13-6-5-9-22(13)29(24,25)12-7-8-14(26-3)15(10-12)27-4/h7-8,10-11,13H,5-6,9H2,1-4H3,(H,19,21,23). The predicted molar refractivity (Wildman–Crippen MR) is 109 cm³/mol. The number of amides is 1. The van der Waals surface area contributed by atoms with Crippen LogP contribution in [-0.4, -0.2) is 55.6 Å². The number of benzene rings is 1. The molecular weight excluding hydrogens is 416 g/mol. The van der Waals surface area contributed by atoms with Crippen LogP contribution < -0.4 is 14.8 Å². The van der Waals surface area contributed by atoms with Crippen LogP contribution in [0.5, 0.6) is 11.5 Å². The van der Waals surface area contributed by atoms with Crippen molar-refractivity contribution in [3.8, 4) is 11.5 Å². The summed E-state index contributed by atoms with van der Waals surface area (Å²) in [7, 11) is -0.971. The molecule has 9 nitrogen and oxygen atoms in total. The number of hydrogen-bond donors (Lipinski definition) is 1. The lowest BCUT2D eigenvalue weighted by Gasteiger charge is -2.23. The van der Waals surface area contributed by atoms with Crippen molar-refractivity contribution in [2.75, 3.05) is 26.1 Å². The zero-order chi connectivity index (χ0) is 21.2. The van der Waals surface area contributed by atoms with E-state index in [9.17, 15) is 13.2 Å². The summed E-state index contributed by atoms with van der Waals surface area (Å²) in [5, 5.41) is 11.9. The topological polar surface area (TPSA) is 111 Å². The van der Waals surface area contributed by atoms with E-state index >= 15 is 0 Å². The van der Waals surface area contributed by atoms with E-state index in [-0.39, 0.29) is 17.4 Å². The van der Waals surface area contributed by atoms with E-state index in [0.717, 1.165) is 5.01 Å². The van der Waals surface area contributed by atoms with Gasteiger partial charge in [-0.15, -0.1) is 10.2 Å². The molecular formula is C18H24N4O5S2. The van der Waals surface area contributed by atoms with Gasteiger partial charge in [0, 0.05) is 18.5 Å². The summed E-state index contributed by atoms with van der Waals surface area (Å²) < 4.78 is 38.0. The highest BCUT2D eigenvalue weighted by atomic mass is 32.2. The number of methoxy groups -OCH3 is 2. The number of aromatic nitrogens is 2. The summed E-state index contributed by atoms with van der Waals surface area (Å²) >= 11 is 1.29. The Bertz CT molecular complexity index is 990. The Kier molecular flexibility index (Phi) is 6.39. The SMILES string of the molecule is COc1ccc(S(=O)(=O)N2CCCC2C(=O)Nc2nnc(C(C)C)s2)cc1OC. The van der Waals surface area contributed by atoms with Gasteiger partial charge in [-0.2, -0.15) is 4.31 Å². The highest BCUT2D eigenvalue weighted by Gasteiger charge is 2.40. The van der Waals surface area contributed by atoms with E-state index in [1.54, 1.807) is 0 Å². The lowest BCUT2D eigenvalue weighted by Crippen LogP contribution is -2.43. The van der Waals surface area contributed by atoms with E-state index in [1.165, 1.54) is 48.1 Å². The summed E-state index contributed by atoms with van der Waals surface area (Å²) in [4.78, 5) is 12.8. The van der Waals surface area contributed by atoms with Gasteiger partial charge in [-0.3, -0.25) is 10.1 Å². The van der Waals surface area contributed by atoms with Crippen LogP contribution in [0.25, 0.3) is 0 Å². The third-order valence-electron chi connectivity index (χ3n) is 4.63. The largest absolute Gasteiger partial charge is 0.493 e. The number of anilines is 1. The molecule has 29 heavy (non-hydrogen) atoms. The zero-order valence-corrected chi connectivity index (χ0v) is 18.3. The molecule has 158 valence electrons. The number of rotatable bonds is 7. The summed E-state index contributed by atoms with van der Waals surface area (Å²) in [6.45, 7) is 4.24. The molecule has 1 aromatic heterocycles. The first-order chi connectivity index (χ1) is 13.8. The number of nitrogens with one attached hydrogen (secondary N) is 1. The van der Waals surface area contributed by atoms with Crippen LogP contribution in [0.3, 0.4) is 0 Å². The van der Waals surface area contributed by atoms with Gasteiger partial charge in [0.25, 0.3) is 0 Å². The molecule has 0 radical (unpaired) electrons. The van der Waals surface area contributed by atoms with Crippen molar-refractivity contribution in [3.63, 3.8) is 0 Å². The van der Waals surface area contributed by atoms with E-state index in [4.69, 9.17) is 9.47 Å². The summed E-state index contributed by atoms with van der Waals surface area (Å²) in [6, 6.07) is 3.58. The first kappa shape index (κ1) is 21.5. The van der Waals surface area contributed by atoms with Crippen LogP contribution in [0.15, 0.2) is 23.1 Å². The molecule has 0 saturated carbocycles. The first-order valence-electron chi connectivity index (χ1n) is 9.16. The fourth-order valence-electron chi connectivity index (χ4n) is 3.11. The molecule has 1 aliphatic heterocycles. The van der Waals surface area contributed by atoms with Crippen LogP contribution in [0, 0.1) is 0 Å². The number of ether oxygens (including phenoxy) is 2. The van der Waals surface area contributed by atoms with Crippen molar-refractivity contribution < 1.29 is 22.7 Å². The lowest BCUT2D eigenvalue weighted by molar-refractivity contribution is -0.119. The quantitative estimate of drug-likeness (QED) is 0.704. The minimum Gasteiger partial charge on any atom is -0.493 e. The number of carbonyl (C=O) groups is 1. The number of sulfonamides is 1. The normalized spacial score (nSPS) is 17.5. The molecule has 0 aliphatic carbocycles. The van der Waals surface area contributed by atoms with Gasteiger partial charge in [-0.25, -0.2) is 8.42 Å². The molecule has 0 spiro atoms. The van der Waals surface area contributed by atoms with Gasteiger partial charge in [0.1, 0.15) is 11.0 Å². The molecule has 1 unspecified atom stereocenters. The van der Waals surface area contributed by atoms with Crippen molar-refractivity contribution >= 4 is 32.4 Å². The van der Waals surface area contributed by atoms with Crippen molar-refractivity contribution in [1.82, 2.24) is 14.5 Å². The summed E-state index contributed by atoms with van der Waals surface area (Å²) in [6.07, 6.45) is 1.03. The Labute approximate surface area is 174 Å². The van der Waals surface area contributed by atoms with Crippen molar-refractivity contribution in [2.24, 2.45) is 0 Å². The van der Waals surface area contributed by atoms with Crippen molar-refractivity contribution in [3.05, 3.63) is 23.2 Å². The molecule has 0 bridgehead atoms. The highest BCUT2D eigenvalue weighted by molar-refractivity contribution is 7.89. The molecule has 1 aliphatic rings. The van der Waals surface area contributed by atoms with Gasteiger partial charge in [-0.1, -0.05) is 25.2 Å². The summed E-state index contributed by atoms with van der Waals surface area (Å²) in [5.41, 5.74) is 0. The smallest absolute Gasteiger partial charge is 0.244 e. The van der Waals surface area contributed by atoms with Crippen molar-refractivity contribution in [2.45, 2.75) is 43.5 Å². The fraction of sp³-hybridized carbons (Fsp3) is 0.500. The Morgan fingerprint density at radius 2 is 1.97 bits per heavy atom. The molecule has 1 N–H and O–H groups in total. The maximum absolute atomic E-state index is 13.2. The maximum atomic E-state index is 13.2. The van der Waals surface area contributed by atoms with E-state index in [2.05, 4.69) is 15.5 Å². The van der Waals surface area contributed by atoms with Crippen LogP contribution >= 0.6 is 11.3 Å². The predicted octanol–water partition coefficient (Wildman–Crippen LogP) is 2.47. The van der Waals surface area contributed by atoms with Crippen LogP contribution in [0.2, 0.25) is 0 Å². The molecule has 11 heteroatoms. The Morgan fingerprint density at radius 3 is 2.59 bits per heavy atom. The average Bonchev–Trinajstić information content (AvgIpc) is 3.37. The number of nitrogens with zero attached hydrogens (tertiary/aromatic N) is 3. The minimum absolute atomic E-state index is 0.0489. The van der Waals surface area contributed by atoms with E-state index in [0.29, 0.717) is 29.5 Å². The fourth-order valence-corrected chi connectivity index (χ4v) is 5.53. The summed E-state index contributed by atoms with van der Waals surface area (Å²) in [5.74, 6) is 0.535. The van der Waals surface area contributed by atoms with Crippen molar-refractivity contribution in [1.29, 1.82) is 0 Å². The maximum Gasteiger partial charge on any atom is 0.244 e. The monoisotopic (exact) mass is 440 g/mol. The van der Waals surface area contributed by atoms with Gasteiger partial charge < -0.3 is 9.47 Å². The molecule has 2 aromatic rings. The number of hydrogen-bond acceptors (Lipinski definition) is 8. The van der Waals surface area contributed by atoms with Crippen LogP contribution in [-0.2, 0) is 14.8 Å². The molecule has 1 atom stereocenters. The van der Waals surface area contributed by atoms with Gasteiger partial charge >= 0.3 is 0 Å². The third-order valence-corrected chi connectivity index (χ3v) is 7.68. The Morgan fingerprint density at radius 1 is 1.24 bits per heavy atom. The van der Waals surface area contributed by atoms with Gasteiger partial charge in [0.05, 0.1) is 19.1 Å². The van der Waals surface area contributed by atoms with Gasteiger partial charge in [0.15, 0.2) is 11.5 Å². The zero-order valence-electron chi connectivity index (χ0n) is 16.7. The third kappa shape index (κ3) is 4.36. The van der Waals surface area contributed by atoms with Crippen LogP contribution in [0.1, 0.15) is 37.6 Å². The second-order valence-electron chi connectivity index (χ2n) is 6.88. The average molecular weight is 441 g/mol. The first-order valence-corrected chi connectivity index (χ1v) is 11.4. The highest BCUT2D eigenvalue weighted by Crippen LogP contribution is 2.33. The van der Waals surface area contributed by atoms with E-state index < -0.39 is 22.0 Å². The minimum atomic E-state index is -3.89. The molecule has 1 aromatic carbocycles. The molecule has 3 rings (SSSR count). The van der Waals surface area contributed by atoms with Gasteiger partial charge in [-0.05, 0) is 25.0 Å². The molecule has 1 saturated heterocycles. The molecule has 1 amide bonds. The second kappa shape index (κ2) is 8.64. The molecule has 1 fully saturated rings. The van der Waals surface area contributed by atoms with Crippen LogP contribution in [0.4, 0.5) is 5.13 Å². The second-order valence-corrected chi connectivity index (χ2v) is 9.78. The Hall–Kier alpha value is -2.24.